The van der Waals surface area contributed by atoms with E-state index in [1.807, 2.05) is 4.72 Å². The van der Waals surface area contributed by atoms with Crippen molar-refractivity contribution in [2.75, 3.05) is 5.33 Å². The molecule has 0 saturated heterocycles. The Balaban J connectivity index is 2.51. The number of rotatable bonds is 6. The third-order valence-corrected chi connectivity index (χ3v) is 5.13. The highest BCUT2D eigenvalue weighted by atomic mass is 79.9. The molecule has 0 fully saturated rings. The van der Waals surface area contributed by atoms with Crippen LogP contribution >= 0.6 is 27.3 Å². The lowest BCUT2D eigenvalue weighted by atomic mass is 10.2. The van der Waals surface area contributed by atoms with Crippen molar-refractivity contribution in [1.82, 2.24) is 4.72 Å². The Hall–Kier alpha value is -0.400. The highest BCUT2D eigenvalue weighted by Crippen LogP contribution is 2.15. The second-order valence-corrected chi connectivity index (χ2v) is 6.76. The monoisotopic (exact) mass is 325 g/mol. The van der Waals surface area contributed by atoms with Crippen molar-refractivity contribution in [1.29, 1.82) is 0 Å². The molecule has 0 spiro atoms. The minimum Gasteiger partial charge on any atom is -0.274 e. The zero-order chi connectivity index (χ0) is 12.0. The SMILES string of the molecule is O=C(CCCCBr)NS(=O)(=O)c1cccs1. The first-order valence-corrected chi connectivity index (χ1v) is 8.20. The third kappa shape index (κ3) is 4.23. The molecule has 1 heterocycles. The van der Waals surface area contributed by atoms with E-state index in [1.54, 1.807) is 11.4 Å². The molecule has 1 aromatic heterocycles. The Morgan fingerprint density at radius 1 is 1.44 bits per heavy atom. The van der Waals surface area contributed by atoms with Gasteiger partial charge in [0.05, 0.1) is 0 Å². The van der Waals surface area contributed by atoms with Gasteiger partial charge in [-0.05, 0) is 24.3 Å². The second kappa shape index (κ2) is 6.36. The van der Waals surface area contributed by atoms with E-state index in [-0.39, 0.29) is 10.6 Å². The molecule has 1 N–H and O–H groups in total. The largest absolute Gasteiger partial charge is 0.274 e. The molecule has 0 aliphatic rings. The Labute approximate surface area is 107 Å². The number of hydrogen-bond acceptors (Lipinski definition) is 4. The summed E-state index contributed by atoms with van der Waals surface area (Å²) in [6, 6.07) is 3.10. The molecule has 0 saturated carbocycles. The molecular weight excluding hydrogens is 314 g/mol. The fourth-order valence-electron chi connectivity index (χ4n) is 1.05. The predicted octanol–water partition coefficient (Wildman–Crippen LogP) is 2.12. The maximum absolute atomic E-state index is 11.6. The van der Waals surface area contributed by atoms with Crippen molar-refractivity contribution in [3.63, 3.8) is 0 Å². The molecule has 1 amide bonds. The van der Waals surface area contributed by atoms with Crippen molar-refractivity contribution < 1.29 is 13.2 Å². The van der Waals surface area contributed by atoms with Crippen LogP contribution < -0.4 is 4.72 Å². The topological polar surface area (TPSA) is 63.2 Å². The molecule has 0 aliphatic heterocycles. The number of thiophene rings is 1. The maximum Gasteiger partial charge on any atom is 0.273 e. The highest BCUT2D eigenvalue weighted by Gasteiger charge is 2.17. The first-order chi connectivity index (χ1) is 7.56. The summed E-state index contributed by atoms with van der Waals surface area (Å²) in [5.74, 6) is -0.450. The van der Waals surface area contributed by atoms with Crippen LogP contribution in [-0.2, 0) is 14.8 Å². The summed E-state index contributed by atoms with van der Waals surface area (Å²) in [6.07, 6.45) is 1.76. The lowest BCUT2D eigenvalue weighted by Gasteiger charge is -2.04. The molecule has 4 nitrogen and oxygen atoms in total. The predicted molar refractivity (Wildman–Crippen MR) is 67.3 cm³/mol. The van der Waals surface area contributed by atoms with Gasteiger partial charge in [0.25, 0.3) is 10.0 Å². The van der Waals surface area contributed by atoms with Gasteiger partial charge in [-0.15, -0.1) is 11.3 Å². The summed E-state index contributed by atoms with van der Waals surface area (Å²) < 4.78 is 25.4. The number of halogens is 1. The van der Waals surface area contributed by atoms with Crippen molar-refractivity contribution in [2.45, 2.75) is 23.5 Å². The lowest BCUT2D eigenvalue weighted by molar-refractivity contribution is -0.119. The van der Waals surface area contributed by atoms with Gasteiger partial charge in [-0.3, -0.25) is 4.79 Å². The minimum absolute atomic E-state index is 0.168. The van der Waals surface area contributed by atoms with Gasteiger partial charge in [0.2, 0.25) is 5.91 Å². The molecule has 0 aromatic carbocycles. The van der Waals surface area contributed by atoms with Gasteiger partial charge in [0.15, 0.2) is 0 Å². The van der Waals surface area contributed by atoms with Crippen LogP contribution in [0.2, 0.25) is 0 Å². The summed E-state index contributed by atoms with van der Waals surface area (Å²) in [7, 11) is -3.65. The normalized spacial score (nSPS) is 11.3. The Bertz CT molecular complexity index is 428. The summed E-state index contributed by atoms with van der Waals surface area (Å²) in [5, 5.41) is 2.47. The van der Waals surface area contributed by atoms with Crippen molar-refractivity contribution in [3.05, 3.63) is 17.5 Å². The van der Waals surface area contributed by atoms with Crippen LogP contribution in [0, 0.1) is 0 Å². The van der Waals surface area contributed by atoms with Gasteiger partial charge >= 0.3 is 0 Å². The zero-order valence-electron chi connectivity index (χ0n) is 8.48. The van der Waals surface area contributed by atoms with Crippen molar-refractivity contribution in [2.24, 2.45) is 0 Å². The summed E-state index contributed by atoms with van der Waals surface area (Å²) >= 11 is 4.33. The van der Waals surface area contributed by atoms with Crippen molar-refractivity contribution >= 4 is 43.2 Å². The fourth-order valence-corrected chi connectivity index (χ4v) is 3.45. The average molecular weight is 326 g/mol. The number of amides is 1. The van der Waals surface area contributed by atoms with E-state index >= 15 is 0 Å². The molecule has 16 heavy (non-hydrogen) atoms. The van der Waals surface area contributed by atoms with E-state index in [0.717, 1.165) is 23.1 Å². The summed E-state index contributed by atoms with van der Waals surface area (Å²) in [6.45, 7) is 0. The lowest BCUT2D eigenvalue weighted by Crippen LogP contribution is -2.29. The van der Waals surface area contributed by atoms with Gasteiger partial charge in [0, 0.05) is 11.8 Å². The number of hydrogen-bond donors (Lipinski definition) is 1. The number of sulfonamides is 1. The maximum atomic E-state index is 11.6. The van der Waals surface area contributed by atoms with Gasteiger partial charge < -0.3 is 0 Å². The molecule has 7 heteroatoms. The van der Waals surface area contributed by atoms with Crippen LogP contribution in [0.4, 0.5) is 0 Å². The Morgan fingerprint density at radius 2 is 2.19 bits per heavy atom. The Kier molecular flexibility index (Phi) is 5.43. The van der Waals surface area contributed by atoms with Gasteiger partial charge in [-0.1, -0.05) is 22.0 Å². The molecule has 1 rings (SSSR count). The molecular formula is C9H12BrNO3S2. The van der Waals surface area contributed by atoms with Crippen LogP contribution in [0.15, 0.2) is 21.7 Å². The number of unbranched alkanes of at least 4 members (excludes halogenated alkanes) is 1. The molecule has 90 valence electrons. The van der Waals surface area contributed by atoms with E-state index in [1.165, 1.54) is 6.07 Å². The highest BCUT2D eigenvalue weighted by molar-refractivity contribution is 9.09. The van der Waals surface area contributed by atoms with Gasteiger partial charge in [-0.25, -0.2) is 13.1 Å². The quantitative estimate of drug-likeness (QED) is 0.643. The average Bonchev–Trinajstić information content (AvgIpc) is 2.70. The summed E-state index contributed by atoms with van der Waals surface area (Å²) in [4.78, 5) is 11.3. The number of carbonyl (C=O) groups excluding carboxylic acids is 1. The van der Waals surface area contributed by atoms with Crippen LogP contribution in [0.1, 0.15) is 19.3 Å². The summed E-state index contributed by atoms with van der Waals surface area (Å²) in [5.41, 5.74) is 0. The van der Waals surface area contributed by atoms with Crippen LogP contribution in [0.3, 0.4) is 0 Å². The zero-order valence-corrected chi connectivity index (χ0v) is 11.7. The molecule has 0 unspecified atom stereocenters. The number of carbonyl (C=O) groups is 1. The van der Waals surface area contributed by atoms with E-state index in [0.29, 0.717) is 6.42 Å². The van der Waals surface area contributed by atoms with E-state index in [4.69, 9.17) is 0 Å². The van der Waals surface area contributed by atoms with Crippen molar-refractivity contribution in [3.8, 4) is 0 Å². The first-order valence-electron chi connectivity index (χ1n) is 4.71. The molecule has 0 aliphatic carbocycles. The second-order valence-electron chi connectivity index (χ2n) is 3.11. The smallest absolute Gasteiger partial charge is 0.273 e. The molecule has 0 radical (unpaired) electrons. The molecule has 0 bridgehead atoms. The van der Waals surface area contributed by atoms with Gasteiger partial charge in [-0.2, -0.15) is 0 Å². The third-order valence-electron chi connectivity index (χ3n) is 1.80. The molecule has 1 aromatic rings. The van der Waals surface area contributed by atoms with E-state index in [2.05, 4.69) is 15.9 Å². The van der Waals surface area contributed by atoms with Crippen LogP contribution in [0.25, 0.3) is 0 Å². The van der Waals surface area contributed by atoms with Crippen LogP contribution in [0.5, 0.6) is 0 Å². The van der Waals surface area contributed by atoms with Gasteiger partial charge in [0.1, 0.15) is 4.21 Å². The molecule has 0 atom stereocenters. The fraction of sp³-hybridized carbons (Fsp3) is 0.444. The number of nitrogens with one attached hydrogen (secondary N) is 1. The Morgan fingerprint density at radius 3 is 2.75 bits per heavy atom. The number of alkyl halides is 1. The van der Waals surface area contributed by atoms with Crippen LogP contribution in [-0.4, -0.2) is 19.7 Å². The van der Waals surface area contributed by atoms with E-state index in [9.17, 15) is 13.2 Å². The standard InChI is InChI=1S/C9H12BrNO3S2/c10-6-2-1-4-8(12)11-16(13,14)9-5-3-7-15-9/h3,5,7H,1-2,4,6H2,(H,11,12). The first kappa shape index (κ1) is 13.7. The van der Waals surface area contributed by atoms with E-state index < -0.39 is 15.9 Å². The minimum atomic E-state index is -3.65.